The lowest BCUT2D eigenvalue weighted by molar-refractivity contribution is 0.328. The maximum absolute atomic E-state index is 13.7. The van der Waals surface area contributed by atoms with E-state index in [-0.39, 0.29) is 5.82 Å². The number of rotatable bonds is 4. The first kappa shape index (κ1) is 14.1. The number of hydrogen-bond donors (Lipinski definition) is 1. The Hall–Kier alpha value is -1.84. The van der Waals surface area contributed by atoms with Crippen LogP contribution >= 0.6 is 0 Å². The van der Waals surface area contributed by atoms with Crippen molar-refractivity contribution >= 4 is 5.69 Å². The van der Waals surface area contributed by atoms with Crippen LogP contribution in [0.2, 0.25) is 0 Å². The second-order valence-corrected chi connectivity index (χ2v) is 5.92. The molecule has 1 N–H and O–H groups in total. The lowest BCUT2D eigenvalue weighted by atomic mass is 9.96. The molecule has 1 aromatic heterocycles. The molecular weight excluding hydrogens is 265 g/mol. The fourth-order valence-electron chi connectivity index (χ4n) is 2.98. The normalized spacial score (nSPS) is 16.1. The Morgan fingerprint density at radius 1 is 1.24 bits per heavy atom. The van der Waals surface area contributed by atoms with Crippen LogP contribution in [-0.4, -0.2) is 9.78 Å². The summed E-state index contributed by atoms with van der Waals surface area (Å²) in [5, 5.41) is 7.77. The summed E-state index contributed by atoms with van der Waals surface area (Å²) in [5.41, 5.74) is 2.55. The third-order valence-corrected chi connectivity index (χ3v) is 4.19. The molecule has 1 aliphatic carbocycles. The van der Waals surface area contributed by atoms with Crippen molar-refractivity contribution in [1.29, 1.82) is 0 Å². The van der Waals surface area contributed by atoms with Crippen molar-refractivity contribution in [3.63, 3.8) is 0 Å². The average molecular weight is 287 g/mol. The van der Waals surface area contributed by atoms with Crippen molar-refractivity contribution in [2.24, 2.45) is 0 Å². The molecule has 0 bridgehead atoms. The molecular formula is C17H22FN3. The molecule has 0 atom stereocenters. The smallest absolute Gasteiger partial charge is 0.146 e. The van der Waals surface area contributed by atoms with Gasteiger partial charge in [0.1, 0.15) is 5.82 Å². The lowest BCUT2D eigenvalue weighted by Crippen LogP contribution is -2.14. The Labute approximate surface area is 125 Å². The Balaban J connectivity index is 1.63. The first-order valence-electron chi connectivity index (χ1n) is 7.76. The molecule has 0 aliphatic heterocycles. The van der Waals surface area contributed by atoms with E-state index in [2.05, 4.69) is 21.3 Å². The maximum atomic E-state index is 13.7. The van der Waals surface area contributed by atoms with Crippen molar-refractivity contribution in [2.75, 3.05) is 5.32 Å². The van der Waals surface area contributed by atoms with Crippen molar-refractivity contribution in [3.8, 4) is 0 Å². The molecule has 0 unspecified atom stereocenters. The van der Waals surface area contributed by atoms with Crippen molar-refractivity contribution in [2.45, 2.75) is 51.6 Å². The van der Waals surface area contributed by atoms with Crippen LogP contribution < -0.4 is 5.32 Å². The van der Waals surface area contributed by atoms with Gasteiger partial charge >= 0.3 is 0 Å². The van der Waals surface area contributed by atoms with Gasteiger partial charge in [0, 0.05) is 6.20 Å². The van der Waals surface area contributed by atoms with Gasteiger partial charge in [-0.2, -0.15) is 5.10 Å². The monoisotopic (exact) mass is 287 g/mol. The van der Waals surface area contributed by atoms with E-state index in [4.69, 9.17) is 0 Å². The SMILES string of the molecule is Cc1ccc(F)c(NCc2ccn(C3CCCCC3)n2)c1. The van der Waals surface area contributed by atoms with E-state index >= 15 is 0 Å². The van der Waals surface area contributed by atoms with Crippen LogP contribution in [0.3, 0.4) is 0 Å². The average Bonchev–Trinajstić information content (AvgIpc) is 2.98. The summed E-state index contributed by atoms with van der Waals surface area (Å²) in [6, 6.07) is 7.67. The van der Waals surface area contributed by atoms with Gasteiger partial charge in [0.15, 0.2) is 0 Å². The summed E-state index contributed by atoms with van der Waals surface area (Å²) in [5.74, 6) is -0.215. The Morgan fingerprint density at radius 3 is 2.86 bits per heavy atom. The molecule has 1 saturated carbocycles. The van der Waals surface area contributed by atoms with E-state index in [9.17, 15) is 4.39 Å². The lowest BCUT2D eigenvalue weighted by Gasteiger charge is -2.21. The van der Waals surface area contributed by atoms with Gasteiger partial charge in [0.05, 0.1) is 24.0 Å². The second-order valence-electron chi connectivity index (χ2n) is 5.92. The number of hydrogen-bond acceptors (Lipinski definition) is 2. The number of aryl methyl sites for hydroxylation is 1. The van der Waals surface area contributed by atoms with E-state index in [0.29, 0.717) is 18.3 Å². The third-order valence-electron chi connectivity index (χ3n) is 4.19. The molecule has 1 aliphatic rings. The van der Waals surface area contributed by atoms with Crippen molar-refractivity contribution in [3.05, 3.63) is 47.5 Å². The van der Waals surface area contributed by atoms with E-state index in [0.717, 1.165) is 11.3 Å². The minimum absolute atomic E-state index is 0.215. The largest absolute Gasteiger partial charge is 0.377 e. The summed E-state index contributed by atoms with van der Waals surface area (Å²) in [4.78, 5) is 0. The molecule has 0 radical (unpaired) electrons. The molecule has 4 heteroatoms. The fraction of sp³-hybridized carbons (Fsp3) is 0.471. The Morgan fingerprint density at radius 2 is 2.05 bits per heavy atom. The van der Waals surface area contributed by atoms with Gasteiger partial charge < -0.3 is 5.32 Å². The van der Waals surface area contributed by atoms with Gasteiger partial charge in [-0.25, -0.2) is 4.39 Å². The van der Waals surface area contributed by atoms with Crippen LogP contribution in [0.4, 0.5) is 10.1 Å². The topological polar surface area (TPSA) is 29.9 Å². The van der Waals surface area contributed by atoms with Crippen LogP contribution in [0.5, 0.6) is 0 Å². The van der Waals surface area contributed by atoms with Gasteiger partial charge in [0.2, 0.25) is 0 Å². The van der Waals surface area contributed by atoms with Gasteiger partial charge in [-0.1, -0.05) is 25.3 Å². The summed E-state index contributed by atoms with van der Waals surface area (Å²) >= 11 is 0. The van der Waals surface area contributed by atoms with Gasteiger partial charge in [-0.05, 0) is 43.5 Å². The van der Waals surface area contributed by atoms with E-state index in [1.54, 1.807) is 6.07 Å². The van der Waals surface area contributed by atoms with Crippen LogP contribution in [0.15, 0.2) is 30.5 Å². The fourth-order valence-corrected chi connectivity index (χ4v) is 2.98. The molecule has 112 valence electrons. The van der Waals surface area contributed by atoms with Crippen molar-refractivity contribution in [1.82, 2.24) is 9.78 Å². The molecule has 3 nitrogen and oxygen atoms in total. The number of nitrogens with zero attached hydrogens (tertiary/aromatic N) is 2. The predicted octanol–water partition coefficient (Wildman–Crippen LogP) is 4.45. The number of anilines is 1. The number of aromatic nitrogens is 2. The molecule has 2 aromatic rings. The summed E-state index contributed by atoms with van der Waals surface area (Å²) < 4.78 is 15.8. The molecule has 0 amide bonds. The van der Waals surface area contributed by atoms with Crippen LogP contribution in [0.1, 0.15) is 49.4 Å². The van der Waals surface area contributed by atoms with Crippen LogP contribution in [0, 0.1) is 12.7 Å². The first-order valence-corrected chi connectivity index (χ1v) is 7.76. The highest BCUT2D eigenvalue weighted by molar-refractivity contribution is 5.47. The molecule has 21 heavy (non-hydrogen) atoms. The highest BCUT2D eigenvalue weighted by Gasteiger charge is 2.15. The van der Waals surface area contributed by atoms with Crippen LogP contribution in [-0.2, 0) is 6.54 Å². The van der Waals surface area contributed by atoms with E-state index in [1.165, 1.54) is 38.2 Å². The maximum Gasteiger partial charge on any atom is 0.146 e. The summed E-state index contributed by atoms with van der Waals surface area (Å²) in [6.45, 7) is 2.52. The highest BCUT2D eigenvalue weighted by Crippen LogP contribution is 2.27. The zero-order valence-electron chi connectivity index (χ0n) is 12.5. The molecule has 1 heterocycles. The van der Waals surface area contributed by atoms with Crippen molar-refractivity contribution < 1.29 is 4.39 Å². The van der Waals surface area contributed by atoms with Gasteiger partial charge in [0.25, 0.3) is 0 Å². The quantitative estimate of drug-likeness (QED) is 0.900. The highest BCUT2D eigenvalue weighted by atomic mass is 19.1. The summed E-state index contributed by atoms with van der Waals surface area (Å²) in [6.07, 6.45) is 8.44. The second kappa shape index (κ2) is 6.29. The minimum atomic E-state index is -0.215. The zero-order valence-corrected chi connectivity index (χ0v) is 12.5. The zero-order chi connectivity index (χ0) is 14.7. The van der Waals surface area contributed by atoms with E-state index < -0.39 is 0 Å². The molecule has 1 aromatic carbocycles. The predicted molar refractivity (Wildman–Crippen MR) is 82.8 cm³/mol. The minimum Gasteiger partial charge on any atom is -0.377 e. The summed E-state index contributed by atoms with van der Waals surface area (Å²) in [7, 11) is 0. The Kier molecular flexibility index (Phi) is 4.23. The first-order chi connectivity index (χ1) is 10.2. The molecule has 1 fully saturated rings. The Bertz CT molecular complexity index is 600. The molecule has 0 spiro atoms. The third kappa shape index (κ3) is 3.43. The number of halogens is 1. The number of benzene rings is 1. The molecule has 3 rings (SSSR count). The number of nitrogens with one attached hydrogen (secondary N) is 1. The standard InChI is InChI=1S/C17H22FN3/c1-13-7-8-16(18)17(11-13)19-12-14-9-10-21(20-14)15-5-3-2-4-6-15/h7-11,15,19H,2-6,12H2,1H3. The van der Waals surface area contributed by atoms with Gasteiger partial charge in [-0.3, -0.25) is 4.68 Å². The molecule has 0 saturated heterocycles. The van der Waals surface area contributed by atoms with Crippen LogP contribution in [0.25, 0.3) is 0 Å². The van der Waals surface area contributed by atoms with Gasteiger partial charge in [-0.15, -0.1) is 0 Å². The van der Waals surface area contributed by atoms with E-state index in [1.807, 2.05) is 19.1 Å².